The zero-order chi connectivity index (χ0) is 19.8. The molecular formula is C24H22N2O2. The quantitative estimate of drug-likeness (QED) is 0.607. The number of carbonyl (C=O) groups is 2. The van der Waals surface area contributed by atoms with E-state index >= 15 is 0 Å². The van der Waals surface area contributed by atoms with E-state index in [1.54, 1.807) is 18.2 Å². The summed E-state index contributed by atoms with van der Waals surface area (Å²) in [6, 6.07) is 25.3. The number of carbonyl (C=O) groups excluding carboxylic acids is 2. The van der Waals surface area contributed by atoms with Gasteiger partial charge in [-0.3, -0.25) is 9.59 Å². The summed E-state index contributed by atoms with van der Waals surface area (Å²) in [6.45, 7) is 1.47. The second-order valence-corrected chi connectivity index (χ2v) is 6.45. The van der Waals surface area contributed by atoms with E-state index in [2.05, 4.69) is 22.8 Å². The first-order valence-electron chi connectivity index (χ1n) is 9.09. The van der Waals surface area contributed by atoms with Crippen molar-refractivity contribution >= 4 is 29.3 Å². The maximum Gasteiger partial charge on any atom is 0.248 e. The molecule has 0 bridgehead atoms. The lowest BCUT2D eigenvalue weighted by atomic mass is 10.0. The summed E-state index contributed by atoms with van der Waals surface area (Å²) in [4.78, 5) is 23.4. The highest BCUT2D eigenvalue weighted by Gasteiger charge is 2.05. The van der Waals surface area contributed by atoms with Crippen molar-refractivity contribution in [3.8, 4) is 0 Å². The number of amides is 2. The summed E-state index contributed by atoms with van der Waals surface area (Å²) in [7, 11) is 0. The Morgan fingerprint density at radius 3 is 2.21 bits per heavy atom. The van der Waals surface area contributed by atoms with Gasteiger partial charge >= 0.3 is 0 Å². The third-order valence-corrected chi connectivity index (χ3v) is 4.17. The minimum atomic E-state index is -0.188. The van der Waals surface area contributed by atoms with Gasteiger partial charge in [-0.05, 0) is 47.4 Å². The Morgan fingerprint density at radius 2 is 1.50 bits per heavy atom. The molecule has 0 saturated heterocycles. The Kier molecular flexibility index (Phi) is 6.37. The lowest BCUT2D eigenvalue weighted by molar-refractivity contribution is -0.114. The minimum Gasteiger partial charge on any atom is -0.326 e. The van der Waals surface area contributed by atoms with Crippen LogP contribution in [0.5, 0.6) is 0 Å². The molecule has 28 heavy (non-hydrogen) atoms. The fourth-order valence-corrected chi connectivity index (χ4v) is 2.84. The topological polar surface area (TPSA) is 58.2 Å². The van der Waals surface area contributed by atoms with Crippen LogP contribution in [0.4, 0.5) is 11.4 Å². The zero-order valence-electron chi connectivity index (χ0n) is 15.7. The molecule has 0 spiro atoms. The standard InChI is InChI=1S/C24H22N2O2/c1-18(27)25-22-14-11-19(12-15-22)13-16-24(28)26-23-10-6-5-9-21(23)17-20-7-3-2-4-8-20/h2-16H,17H2,1H3,(H,25,27)(H,26,28)/b16-13+. The molecule has 0 radical (unpaired) electrons. The van der Waals surface area contributed by atoms with E-state index in [9.17, 15) is 9.59 Å². The predicted molar refractivity (Wildman–Crippen MR) is 114 cm³/mol. The molecule has 2 amide bonds. The molecular weight excluding hydrogens is 348 g/mol. The van der Waals surface area contributed by atoms with Gasteiger partial charge in [0.15, 0.2) is 0 Å². The van der Waals surface area contributed by atoms with Gasteiger partial charge in [-0.1, -0.05) is 60.7 Å². The maximum absolute atomic E-state index is 12.3. The average Bonchev–Trinajstić information content (AvgIpc) is 2.69. The van der Waals surface area contributed by atoms with Gasteiger partial charge in [0.25, 0.3) is 0 Å². The van der Waals surface area contributed by atoms with Crippen molar-refractivity contribution in [1.29, 1.82) is 0 Å². The number of anilines is 2. The largest absolute Gasteiger partial charge is 0.326 e. The molecule has 3 aromatic carbocycles. The Hall–Kier alpha value is -3.66. The van der Waals surface area contributed by atoms with Crippen LogP contribution in [-0.2, 0) is 16.0 Å². The normalized spacial score (nSPS) is 10.6. The average molecular weight is 370 g/mol. The first kappa shape index (κ1) is 19.1. The minimum absolute atomic E-state index is 0.114. The van der Waals surface area contributed by atoms with Crippen molar-refractivity contribution < 1.29 is 9.59 Å². The maximum atomic E-state index is 12.3. The van der Waals surface area contributed by atoms with Crippen molar-refractivity contribution in [1.82, 2.24) is 0 Å². The van der Waals surface area contributed by atoms with Gasteiger partial charge in [0.2, 0.25) is 11.8 Å². The second-order valence-electron chi connectivity index (χ2n) is 6.45. The van der Waals surface area contributed by atoms with E-state index in [4.69, 9.17) is 0 Å². The molecule has 140 valence electrons. The van der Waals surface area contributed by atoms with Crippen LogP contribution in [0.25, 0.3) is 6.08 Å². The van der Waals surface area contributed by atoms with E-state index in [1.165, 1.54) is 18.6 Å². The van der Waals surface area contributed by atoms with Gasteiger partial charge in [-0.25, -0.2) is 0 Å². The summed E-state index contributed by atoms with van der Waals surface area (Å²) in [6.07, 6.45) is 4.00. The summed E-state index contributed by atoms with van der Waals surface area (Å²) in [5.41, 5.74) is 4.67. The van der Waals surface area contributed by atoms with Crippen LogP contribution < -0.4 is 10.6 Å². The zero-order valence-corrected chi connectivity index (χ0v) is 15.7. The molecule has 3 rings (SSSR count). The third kappa shape index (κ3) is 5.68. The van der Waals surface area contributed by atoms with Gasteiger partial charge in [0.1, 0.15) is 0 Å². The molecule has 0 heterocycles. The van der Waals surface area contributed by atoms with Crippen LogP contribution in [-0.4, -0.2) is 11.8 Å². The van der Waals surface area contributed by atoms with Gasteiger partial charge in [-0.2, -0.15) is 0 Å². The monoisotopic (exact) mass is 370 g/mol. The predicted octanol–water partition coefficient (Wildman–Crippen LogP) is 4.89. The van der Waals surface area contributed by atoms with Crippen LogP contribution >= 0.6 is 0 Å². The van der Waals surface area contributed by atoms with Crippen molar-refractivity contribution in [2.45, 2.75) is 13.3 Å². The van der Waals surface area contributed by atoms with Crippen molar-refractivity contribution in [3.63, 3.8) is 0 Å². The Morgan fingerprint density at radius 1 is 0.821 bits per heavy atom. The highest BCUT2D eigenvalue weighted by molar-refractivity contribution is 6.02. The Balaban J connectivity index is 1.65. The second kappa shape index (κ2) is 9.33. The van der Waals surface area contributed by atoms with Crippen molar-refractivity contribution in [3.05, 3.63) is 102 Å². The first-order chi connectivity index (χ1) is 13.6. The summed E-state index contributed by atoms with van der Waals surface area (Å²) in [5, 5.41) is 5.67. The number of para-hydroxylation sites is 1. The number of nitrogens with one attached hydrogen (secondary N) is 2. The summed E-state index contributed by atoms with van der Waals surface area (Å²) < 4.78 is 0. The summed E-state index contributed by atoms with van der Waals surface area (Å²) in [5.74, 6) is -0.303. The van der Waals surface area contributed by atoms with Crippen LogP contribution in [0.2, 0.25) is 0 Å². The molecule has 0 aliphatic heterocycles. The molecule has 4 nitrogen and oxygen atoms in total. The number of rotatable bonds is 6. The Labute approximate surface area is 164 Å². The molecule has 3 aromatic rings. The van der Waals surface area contributed by atoms with E-state index in [0.717, 1.165) is 28.9 Å². The first-order valence-corrected chi connectivity index (χ1v) is 9.09. The van der Waals surface area contributed by atoms with Crippen LogP contribution in [0.3, 0.4) is 0 Å². The number of benzene rings is 3. The molecule has 0 fully saturated rings. The molecule has 0 saturated carbocycles. The van der Waals surface area contributed by atoms with E-state index < -0.39 is 0 Å². The Bertz CT molecular complexity index is 977. The van der Waals surface area contributed by atoms with Crippen LogP contribution in [0.15, 0.2) is 84.9 Å². The molecule has 0 unspecified atom stereocenters. The molecule has 0 atom stereocenters. The van der Waals surface area contributed by atoms with Gasteiger partial charge in [0.05, 0.1) is 0 Å². The number of hydrogen-bond donors (Lipinski definition) is 2. The van der Waals surface area contributed by atoms with E-state index in [1.807, 2.05) is 54.6 Å². The van der Waals surface area contributed by atoms with Crippen molar-refractivity contribution in [2.75, 3.05) is 10.6 Å². The summed E-state index contributed by atoms with van der Waals surface area (Å²) >= 11 is 0. The van der Waals surface area contributed by atoms with Gasteiger partial charge < -0.3 is 10.6 Å². The highest BCUT2D eigenvalue weighted by Crippen LogP contribution is 2.19. The molecule has 0 aliphatic carbocycles. The van der Waals surface area contributed by atoms with Crippen LogP contribution in [0, 0.1) is 0 Å². The smallest absolute Gasteiger partial charge is 0.248 e. The molecule has 4 heteroatoms. The van der Waals surface area contributed by atoms with Gasteiger partial charge in [-0.15, -0.1) is 0 Å². The van der Waals surface area contributed by atoms with Crippen LogP contribution in [0.1, 0.15) is 23.6 Å². The molecule has 0 aliphatic rings. The van der Waals surface area contributed by atoms with Gasteiger partial charge in [0, 0.05) is 24.4 Å². The number of hydrogen-bond acceptors (Lipinski definition) is 2. The van der Waals surface area contributed by atoms with E-state index in [0.29, 0.717) is 0 Å². The lowest BCUT2D eigenvalue weighted by Crippen LogP contribution is -2.10. The van der Waals surface area contributed by atoms with E-state index in [-0.39, 0.29) is 11.8 Å². The fraction of sp³-hybridized carbons (Fsp3) is 0.0833. The molecule has 2 N–H and O–H groups in total. The fourth-order valence-electron chi connectivity index (χ4n) is 2.84. The highest BCUT2D eigenvalue weighted by atomic mass is 16.2. The van der Waals surface area contributed by atoms with Crippen molar-refractivity contribution in [2.24, 2.45) is 0 Å². The molecule has 0 aromatic heterocycles. The lowest BCUT2D eigenvalue weighted by Gasteiger charge is -2.10. The SMILES string of the molecule is CC(=O)Nc1ccc(/C=C/C(=O)Nc2ccccc2Cc2ccccc2)cc1. The third-order valence-electron chi connectivity index (χ3n) is 4.17.